The molecule has 3 heterocycles. The number of fused-ring (bicyclic) bond motifs is 1. The second-order valence-corrected chi connectivity index (χ2v) is 5.99. The Morgan fingerprint density at radius 1 is 1.45 bits per heavy atom. The molecule has 2 aromatic heterocycles. The number of rotatable bonds is 5. The van der Waals surface area contributed by atoms with Crippen LogP contribution in [0.4, 0.5) is 0 Å². The average Bonchev–Trinajstić information content (AvgIpc) is 3.08. The van der Waals surface area contributed by atoms with Crippen LogP contribution in [0.3, 0.4) is 0 Å². The third-order valence-electron chi connectivity index (χ3n) is 3.76. The zero-order valence-corrected chi connectivity index (χ0v) is 12.8. The summed E-state index contributed by atoms with van der Waals surface area (Å²) in [5.74, 6) is 0. The standard InChI is InChI=1S/C14H20N4OS/c1-3-19-9-12-14-11(16-10-17(14)2)4-6-18(12)8-13-15-5-7-20-13/h5,7,10,12H,3-4,6,8-9H2,1-2H3. The molecule has 0 fully saturated rings. The average molecular weight is 292 g/mol. The fourth-order valence-electron chi connectivity index (χ4n) is 2.79. The first-order valence-corrected chi connectivity index (χ1v) is 7.87. The molecule has 2 aromatic rings. The van der Waals surface area contributed by atoms with Gasteiger partial charge in [-0.3, -0.25) is 4.90 Å². The summed E-state index contributed by atoms with van der Waals surface area (Å²) >= 11 is 1.71. The third-order valence-corrected chi connectivity index (χ3v) is 4.52. The maximum absolute atomic E-state index is 5.70. The maximum atomic E-state index is 5.70. The largest absolute Gasteiger partial charge is 0.380 e. The fourth-order valence-corrected chi connectivity index (χ4v) is 3.44. The van der Waals surface area contributed by atoms with Gasteiger partial charge in [0.05, 0.1) is 36.9 Å². The van der Waals surface area contributed by atoms with E-state index >= 15 is 0 Å². The predicted molar refractivity (Wildman–Crippen MR) is 78.7 cm³/mol. The Bertz CT molecular complexity index is 552. The second-order valence-electron chi connectivity index (χ2n) is 5.01. The Balaban J connectivity index is 1.84. The van der Waals surface area contributed by atoms with E-state index in [1.807, 2.05) is 24.8 Å². The minimum atomic E-state index is 0.273. The highest BCUT2D eigenvalue weighted by Gasteiger charge is 2.31. The first kappa shape index (κ1) is 13.7. The van der Waals surface area contributed by atoms with Gasteiger partial charge in [-0.25, -0.2) is 9.97 Å². The van der Waals surface area contributed by atoms with Crippen LogP contribution in [-0.2, 0) is 24.8 Å². The molecule has 1 aliphatic rings. The monoisotopic (exact) mass is 292 g/mol. The van der Waals surface area contributed by atoms with Gasteiger partial charge in [0.2, 0.25) is 0 Å². The molecule has 0 aliphatic carbocycles. The molecule has 108 valence electrons. The second kappa shape index (κ2) is 6.03. The van der Waals surface area contributed by atoms with Crippen molar-refractivity contribution in [3.63, 3.8) is 0 Å². The van der Waals surface area contributed by atoms with Crippen LogP contribution >= 0.6 is 11.3 Å². The molecule has 0 aromatic carbocycles. The van der Waals surface area contributed by atoms with Gasteiger partial charge in [0.15, 0.2) is 0 Å². The van der Waals surface area contributed by atoms with E-state index in [1.165, 1.54) is 11.4 Å². The molecule has 1 aliphatic heterocycles. The Morgan fingerprint density at radius 3 is 3.10 bits per heavy atom. The summed E-state index contributed by atoms with van der Waals surface area (Å²) in [6.07, 6.45) is 4.79. The lowest BCUT2D eigenvalue weighted by Crippen LogP contribution is -2.38. The highest BCUT2D eigenvalue weighted by Crippen LogP contribution is 2.30. The number of aryl methyl sites for hydroxylation is 1. The van der Waals surface area contributed by atoms with Crippen molar-refractivity contribution in [2.75, 3.05) is 19.8 Å². The van der Waals surface area contributed by atoms with E-state index < -0.39 is 0 Å². The molecule has 1 atom stereocenters. The van der Waals surface area contributed by atoms with Gasteiger partial charge in [-0.15, -0.1) is 11.3 Å². The number of nitrogens with zero attached hydrogens (tertiary/aromatic N) is 4. The van der Waals surface area contributed by atoms with Crippen LogP contribution in [0, 0.1) is 0 Å². The summed E-state index contributed by atoms with van der Waals surface area (Å²) in [4.78, 5) is 11.4. The molecule has 5 nitrogen and oxygen atoms in total. The number of aromatic nitrogens is 3. The number of imidazole rings is 1. The topological polar surface area (TPSA) is 43.2 Å². The maximum Gasteiger partial charge on any atom is 0.107 e. The van der Waals surface area contributed by atoms with Crippen molar-refractivity contribution in [2.45, 2.75) is 25.9 Å². The van der Waals surface area contributed by atoms with E-state index in [9.17, 15) is 0 Å². The molecule has 6 heteroatoms. The van der Waals surface area contributed by atoms with E-state index in [4.69, 9.17) is 4.74 Å². The van der Waals surface area contributed by atoms with Gasteiger partial charge in [-0.05, 0) is 6.92 Å². The van der Waals surface area contributed by atoms with Gasteiger partial charge in [-0.2, -0.15) is 0 Å². The number of ether oxygens (including phenoxy) is 1. The van der Waals surface area contributed by atoms with Gasteiger partial charge >= 0.3 is 0 Å². The van der Waals surface area contributed by atoms with E-state index in [-0.39, 0.29) is 6.04 Å². The molecular weight excluding hydrogens is 272 g/mol. The van der Waals surface area contributed by atoms with Crippen LogP contribution in [0.15, 0.2) is 17.9 Å². The molecule has 20 heavy (non-hydrogen) atoms. The van der Waals surface area contributed by atoms with Crippen molar-refractivity contribution >= 4 is 11.3 Å². The summed E-state index contributed by atoms with van der Waals surface area (Å²) in [7, 11) is 2.07. The minimum Gasteiger partial charge on any atom is -0.380 e. The van der Waals surface area contributed by atoms with E-state index in [0.717, 1.165) is 31.1 Å². The summed E-state index contributed by atoms with van der Waals surface area (Å²) in [5.41, 5.74) is 2.51. The van der Waals surface area contributed by atoms with Gasteiger partial charge in [0.1, 0.15) is 5.01 Å². The van der Waals surface area contributed by atoms with E-state index in [1.54, 1.807) is 11.3 Å². The quantitative estimate of drug-likeness (QED) is 0.845. The highest BCUT2D eigenvalue weighted by molar-refractivity contribution is 7.09. The first-order chi connectivity index (χ1) is 9.79. The van der Waals surface area contributed by atoms with Crippen molar-refractivity contribution in [3.05, 3.63) is 34.3 Å². The molecule has 0 spiro atoms. The minimum absolute atomic E-state index is 0.273. The van der Waals surface area contributed by atoms with E-state index in [0.29, 0.717) is 6.61 Å². The Kier molecular flexibility index (Phi) is 4.14. The molecule has 0 saturated heterocycles. The molecule has 0 amide bonds. The molecule has 3 rings (SSSR count). The highest BCUT2D eigenvalue weighted by atomic mass is 32.1. The van der Waals surface area contributed by atoms with Gasteiger partial charge in [0, 0.05) is 38.2 Å². The van der Waals surface area contributed by atoms with Crippen molar-refractivity contribution < 1.29 is 4.74 Å². The molecule has 0 radical (unpaired) electrons. The van der Waals surface area contributed by atoms with Crippen LogP contribution in [0.25, 0.3) is 0 Å². The Hall–Kier alpha value is -1.24. The van der Waals surface area contributed by atoms with Gasteiger partial charge in [-0.1, -0.05) is 0 Å². The molecule has 0 bridgehead atoms. The van der Waals surface area contributed by atoms with Gasteiger partial charge < -0.3 is 9.30 Å². The zero-order chi connectivity index (χ0) is 13.9. The van der Waals surface area contributed by atoms with Crippen LogP contribution in [0.2, 0.25) is 0 Å². The molecule has 0 saturated carbocycles. The van der Waals surface area contributed by atoms with E-state index in [2.05, 4.69) is 26.5 Å². The van der Waals surface area contributed by atoms with Crippen molar-refractivity contribution in [3.8, 4) is 0 Å². The summed E-state index contributed by atoms with van der Waals surface area (Å²) < 4.78 is 7.84. The first-order valence-electron chi connectivity index (χ1n) is 6.99. The van der Waals surface area contributed by atoms with Gasteiger partial charge in [0.25, 0.3) is 0 Å². The molecular formula is C14H20N4OS. The summed E-state index contributed by atoms with van der Waals surface area (Å²) in [6, 6.07) is 0.273. The zero-order valence-electron chi connectivity index (χ0n) is 12.0. The van der Waals surface area contributed by atoms with Crippen molar-refractivity contribution in [1.29, 1.82) is 0 Å². The normalized spacial score (nSPS) is 19.2. The summed E-state index contributed by atoms with van der Waals surface area (Å²) in [5, 5.41) is 3.20. The number of hydrogen-bond acceptors (Lipinski definition) is 5. The Labute approximate surface area is 123 Å². The smallest absolute Gasteiger partial charge is 0.107 e. The van der Waals surface area contributed by atoms with Crippen molar-refractivity contribution in [2.24, 2.45) is 7.05 Å². The van der Waals surface area contributed by atoms with Crippen LogP contribution < -0.4 is 0 Å². The lowest BCUT2D eigenvalue weighted by molar-refractivity contribution is 0.0519. The number of thiazole rings is 1. The van der Waals surface area contributed by atoms with Crippen LogP contribution in [0.1, 0.15) is 29.4 Å². The molecule has 0 N–H and O–H groups in total. The van der Waals surface area contributed by atoms with Crippen LogP contribution in [-0.4, -0.2) is 39.2 Å². The predicted octanol–water partition coefficient (Wildman–Crippen LogP) is 2.01. The molecule has 1 unspecified atom stereocenters. The SMILES string of the molecule is CCOCC1c2c(ncn2C)CCN1Cc1nccs1. The van der Waals surface area contributed by atoms with Crippen molar-refractivity contribution in [1.82, 2.24) is 19.4 Å². The van der Waals surface area contributed by atoms with Crippen LogP contribution in [0.5, 0.6) is 0 Å². The number of hydrogen-bond donors (Lipinski definition) is 0. The summed E-state index contributed by atoms with van der Waals surface area (Å²) in [6.45, 7) is 5.41. The lowest BCUT2D eigenvalue weighted by Gasteiger charge is -2.35. The Morgan fingerprint density at radius 2 is 2.35 bits per heavy atom. The lowest BCUT2D eigenvalue weighted by atomic mass is 10.0. The fraction of sp³-hybridized carbons (Fsp3) is 0.571. The third kappa shape index (κ3) is 2.63.